The topological polar surface area (TPSA) is 29.9 Å². The molecule has 0 fully saturated rings. The minimum absolute atomic E-state index is 0.129. The number of nitrogens with zero attached hydrogens (tertiary/aromatic N) is 2. The van der Waals surface area contributed by atoms with Crippen molar-refractivity contribution in [3.05, 3.63) is 39.6 Å². The van der Waals surface area contributed by atoms with E-state index in [1.807, 2.05) is 17.7 Å². The second-order valence-corrected chi connectivity index (χ2v) is 5.74. The third kappa shape index (κ3) is 3.17. The number of hydrogen-bond donors (Lipinski definition) is 1. The van der Waals surface area contributed by atoms with Crippen LogP contribution in [-0.2, 0) is 13.1 Å². The van der Waals surface area contributed by atoms with Crippen LogP contribution in [0.2, 0.25) is 0 Å². The van der Waals surface area contributed by atoms with Gasteiger partial charge in [0, 0.05) is 35.8 Å². The molecule has 18 heavy (non-hydrogen) atoms. The number of aryl methyl sites for hydroxylation is 1. The fourth-order valence-corrected chi connectivity index (χ4v) is 2.42. The molecule has 98 valence electrons. The van der Waals surface area contributed by atoms with Crippen LogP contribution in [0.4, 0.5) is 4.39 Å². The summed E-state index contributed by atoms with van der Waals surface area (Å²) < 4.78 is 14.8. The summed E-state index contributed by atoms with van der Waals surface area (Å²) >= 11 is 1.19. The molecular weight excluding hydrogens is 249 g/mol. The van der Waals surface area contributed by atoms with E-state index in [1.165, 1.54) is 23.0 Å². The highest BCUT2D eigenvalue weighted by molar-refractivity contribution is 7.10. The van der Waals surface area contributed by atoms with Crippen LogP contribution in [0.3, 0.4) is 0 Å². The van der Waals surface area contributed by atoms with E-state index in [1.54, 1.807) is 0 Å². The summed E-state index contributed by atoms with van der Waals surface area (Å²) in [5.41, 5.74) is 2.24. The number of aromatic nitrogens is 2. The lowest BCUT2D eigenvalue weighted by Gasteiger charge is -2.03. The second-order valence-electron chi connectivity index (χ2n) is 4.62. The fraction of sp³-hybridized carbons (Fsp3) is 0.462. The highest BCUT2D eigenvalue weighted by Crippen LogP contribution is 2.14. The van der Waals surface area contributed by atoms with Gasteiger partial charge in [-0.05, 0) is 32.9 Å². The Labute approximate surface area is 111 Å². The Morgan fingerprint density at radius 2 is 2.17 bits per heavy atom. The SMILES string of the molecule is Cc1nn(C(C)C)cc1CNCc1ccc(F)s1. The Bertz CT molecular complexity index is 516. The lowest BCUT2D eigenvalue weighted by Crippen LogP contribution is -2.12. The van der Waals surface area contributed by atoms with Crippen molar-refractivity contribution in [2.24, 2.45) is 0 Å². The summed E-state index contributed by atoms with van der Waals surface area (Å²) in [5, 5.41) is 7.64. The summed E-state index contributed by atoms with van der Waals surface area (Å²) in [6.45, 7) is 7.69. The van der Waals surface area contributed by atoms with Gasteiger partial charge in [-0.2, -0.15) is 9.49 Å². The van der Waals surface area contributed by atoms with Gasteiger partial charge in [0.1, 0.15) is 0 Å². The number of thiophene rings is 1. The third-order valence-corrected chi connectivity index (χ3v) is 3.66. The van der Waals surface area contributed by atoms with Crippen LogP contribution in [0.15, 0.2) is 18.3 Å². The molecule has 0 bridgehead atoms. The molecule has 0 saturated heterocycles. The monoisotopic (exact) mass is 267 g/mol. The minimum atomic E-state index is -0.129. The van der Waals surface area contributed by atoms with Gasteiger partial charge in [0.15, 0.2) is 5.13 Å². The Hall–Kier alpha value is -1.20. The lowest BCUT2D eigenvalue weighted by molar-refractivity contribution is 0.528. The molecule has 0 aliphatic heterocycles. The standard InChI is InChI=1S/C13H18FN3S/c1-9(2)17-8-11(10(3)16-17)6-15-7-12-4-5-13(14)18-12/h4-5,8-9,15H,6-7H2,1-3H3. The molecule has 0 unspecified atom stereocenters. The Morgan fingerprint density at radius 1 is 1.39 bits per heavy atom. The van der Waals surface area contributed by atoms with Crippen molar-refractivity contribution in [1.82, 2.24) is 15.1 Å². The van der Waals surface area contributed by atoms with Gasteiger partial charge in [-0.3, -0.25) is 4.68 Å². The largest absolute Gasteiger partial charge is 0.308 e. The third-order valence-electron chi connectivity index (χ3n) is 2.79. The Balaban J connectivity index is 1.90. The highest BCUT2D eigenvalue weighted by atomic mass is 32.1. The summed E-state index contributed by atoms with van der Waals surface area (Å²) in [6, 6.07) is 3.70. The van der Waals surface area contributed by atoms with Gasteiger partial charge in [-0.1, -0.05) is 0 Å². The molecule has 5 heteroatoms. The predicted molar refractivity (Wildman–Crippen MR) is 72.2 cm³/mol. The van der Waals surface area contributed by atoms with E-state index < -0.39 is 0 Å². The van der Waals surface area contributed by atoms with Crippen LogP contribution in [0.1, 0.15) is 36.0 Å². The van der Waals surface area contributed by atoms with Crippen molar-refractivity contribution in [2.75, 3.05) is 0 Å². The lowest BCUT2D eigenvalue weighted by atomic mass is 10.2. The van der Waals surface area contributed by atoms with E-state index >= 15 is 0 Å². The van der Waals surface area contributed by atoms with Crippen molar-refractivity contribution in [3.8, 4) is 0 Å². The first kappa shape index (κ1) is 13.2. The van der Waals surface area contributed by atoms with Crippen molar-refractivity contribution in [3.63, 3.8) is 0 Å². The molecule has 0 amide bonds. The maximum atomic E-state index is 12.8. The molecule has 0 atom stereocenters. The zero-order chi connectivity index (χ0) is 13.1. The first-order valence-corrected chi connectivity index (χ1v) is 6.87. The molecule has 2 aromatic heterocycles. The Morgan fingerprint density at radius 3 is 2.72 bits per heavy atom. The number of hydrogen-bond acceptors (Lipinski definition) is 3. The molecule has 0 spiro atoms. The van der Waals surface area contributed by atoms with Crippen LogP contribution in [0, 0.1) is 12.1 Å². The zero-order valence-electron chi connectivity index (χ0n) is 10.9. The Kier molecular flexibility index (Phi) is 4.14. The molecule has 2 aromatic rings. The van der Waals surface area contributed by atoms with E-state index in [-0.39, 0.29) is 5.13 Å². The van der Waals surface area contributed by atoms with E-state index in [0.717, 1.165) is 17.1 Å². The molecule has 1 N–H and O–H groups in total. The van der Waals surface area contributed by atoms with Gasteiger partial charge >= 0.3 is 0 Å². The van der Waals surface area contributed by atoms with E-state index in [2.05, 4.69) is 30.5 Å². The van der Waals surface area contributed by atoms with Gasteiger partial charge in [-0.25, -0.2) is 0 Å². The summed E-state index contributed by atoms with van der Waals surface area (Å²) in [6.07, 6.45) is 2.07. The number of halogens is 1. The first-order valence-electron chi connectivity index (χ1n) is 6.06. The average Bonchev–Trinajstić information content (AvgIpc) is 2.87. The fourth-order valence-electron chi connectivity index (χ4n) is 1.72. The van der Waals surface area contributed by atoms with Gasteiger partial charge < -0.3 is 5.32 Å². The van der Waals surface area contributed by atoms with Crippen LogP contribution >= 0.6 is 11.3 Å². The van der Waals surface area contributed by atoms with Crippen LogP contribution in [0.5, 0.6) is 0 Å². The smallest absolute Gasteiger partial charge is 0.176 e. The number of nitrogens with one attached hydrogen (secondary N) is 1. The highest BCUT2D eigenvalue weighted by Gasteiger charge is 2.07. The number of rotatable bonds is 5. The van der Waals surface area contributed by atoms with Gasteiger partial charge in [0.2, 0.25) is 0 Å². The van der Waals surface area contributed by atoms with E-state index in [9.17, 15) is 4.39 Å². The molecule has 0 aliphatic carbocycles. The predicted octanol–water partition coefficient (Wildman–Crippen LogP) is 3.26. The molecule has 3 nitrogen and oxygen atoms in total. The van der Waals surface area contributed by atoms with Gasteiger partial charge in [-0.15, -0.1) is 11.3 Å². The quantitative estimate of drug-likeness (QED) is 0.901. The minimum Gasteiger partial charge on any atom is -0.308 e. The van der Waals surface area contributed by atoms with Crippen LogP contribution in [-0.4, -0.2) is 9.78 Å². The van der Waals surface area contributed by atoms with Crippen molar-refractivity contribution < 1.29 is 4.39 Å². The molecule has 2 heterocycles. The van der Waals surface area contributed by atoms with Crippen LogP contribution < -0.4 is 5.32 Å². The normalized spacial score (nSPS) is 11.4. The van der Waals surface area contributed by atoms with Crippen molar-refractivity contribution in [2.45, 2.75) is 39.9 Å². The molecule has 0 saturated carbocycles. The summed E-state index contributed by atoms with van der Waals surface area (Å²) in [5.74, 6) is 0. The van der Waals surface area contributed by atoms with E-state index in [4.69, 9.17) is 0 Å². The summed E-state index contributed by atoms with van der Waals surface area (Å²) in [4.78, 5) is 1.02. The van der Waals surface area contributed by atoms with Gasteiger partial charge in [0.25, 0.3) is 0 Å². The van der Waals surface area contributed by atoms with Crippen molar-refractivity contribution in [1.29, 1.82) is 0 Å². The molecule has 0 aromatic carbocycles. The molecular formula is C13H18FN3S. The average molecular weight is 267 g/mol. The second kappa shape index (κ2) is 5.63. The summed E-state index contributed by atoms with van der Waals surface area (Å²) in [7, 11) is 0. The maximum Gasteiger partial charge on any atom is 0.176 e. The van der Waals surface area contributed by atoms with Crippen molar-refractivity contribution >= 4 is 11.3 Å². The molecule has 0 aliphatic rings. The van der Waals surface area contributed by atoms with E-state index in [0.29, 0.717) is 12.6 Å². The maximum absolute atomic E-state index is 12.8. The first-order chi connectivity index (χ1) is 8.56. The zero-order valence-corrected chi connectivity index (χ0v) is 11.7. The van der Waals surface area contributed by atoms with Crippen LogP contribution in [0.25, 0.3) is 0 Å². The van der Waals surface area contributed by atoms with Gasteiger partial charge in [0.05, 0.1) is 5.69 Å². The molecule has 0 radical (unpaired) electrons. The molecule has 2 rings (SSSR count).